The van der Waals surface area contributed by atoms with Crippen molar-refractivity contribution in [3.05, 3.63) is 18.2 Å². The van der Waals surface area contributed by atoms with Crippen molar-refractivity contribution >= 4 is 23.4 Å². The fraction of sp³-hybridized carbons (Fsp3) is 0. The molecule has 1 radical (unpaired) electrons. The topological polar surface area (TPSA) is 52.2 Å². The van der Waals surface area contributed by atoms with Gasteiger partial charge in [-0.2, -0.15) is 0 Å². The van der Waals surface area contributed by atoms with Crippen LogP contribution in [0, 0.1) is 0 Å². The van der Waals surface area contributed by atoms with Gasteiger partial charge in [-0.15, -0.1) is 0 Å². The fourth-order valence-electron chi connectivity index (χ4n) is 0.988. The van der Waals surface area contributed by atoms with Crippen LogP contribution < -0.4 is 16.0 Å². The number of para-hydroxylation sites is 1. The number of nitrogen functional groups attached to an aromatic ring is 1. The summed E-state index contributed by atoms with van der Waals surface area (Å²) in [5.41, 5.74) is 8.17. The van der Waals surface area contributed by atoms with Gasteiger partial charge < -0.3 is 5.73 Å². The SMILES string of the molecule is Nc1cccc2c1[N+]=CN2. The zero-order valence-electron chi connectivity index (χ0n) is 5.33. The van der Waals surface area contributed by atoms with Crippen LogP contribution in [0.15, 0.2) is 18.2 Å². The molecule has 0 atom stereocenters. The first-order chi connectivity index (χ1) is 4.88. The average Bonchev–Trinajstić information content (AvgIpc) is 2.36. The van der Waals surface area contributed by atoms with E-state index in [4.69, 9.17) is 5.73 Å². The number of nitrogens with two attached hydrogens (primary N) is 1. The Kier molecular flexibility index (Phi) is 0.917. The first-order valence-electron chi connectivity index (χ1n) is 3.05. The summed E-state index contributed by atoms with van der Waals surface area (Å²) in [6.45, 7) is 0. The Balaban J connectivity index is 2.67. The van der Waals surface area contributed by atoms with Gasteiger partial charge in [0.05, 0.1) is 5.69 Å². The molecule has 0 saturated carbocycles. The normalized spacial score (nSPS) is 12.8. The van der Waals surface area contributed by atoms with Crippen LogP contribution in [-0.4, -0.2) is 6.34 Å². The van der Waals surface area contributed by atoms with Crippen molar-refractivity contribution < 1.29 is 0 Å². The lowest BCUT2D eigenvalue weighted by Gasteiger charge is -1.91. The second kappa shape index (κ2) is 1.73. The van der Waals surface area contributed by atoms with Crippen LogP contribution in [0.25, 0.3) is 0 Å². The summed E-state index contributed by atoms with van der Waals surface area (Å²) in [6.07, 6.45) is 1.64. The minimum Gasteiger partial charge on any atom is -0.395 e. The van der Waals surface area contributed by atoms with Crippen LogP contribution in [0.5, 0.6) is 0 Å². The summed E-state index contributed by atoms with van der Waals surface area (Å²) in [7, 11) is 0. The minimum absolute atomic E-state index is 0.721. The van der Waals surface area contributed by atoms with Gasteiger partial charge in [-0.25, -0.2) is 5.32 Å². The number of rotatable bonds is 0. The van der Waals surface area contributed by atoms with E-state index < -0.39 is 0 Å². The molecule has 0 unspecified atom stereocenters. The lowest BCUT2D eigenvalue weighted by atomic mass is 10.2. The van der Waals surface area contributed by atoms with E-state index in [1.54, 1.807) is 6.34 Å². The van der Waals surface area contributed by atoms with Crippen LogP contribution in [0.1, 0.15) is 0 Å². The molecule has 1 aromatic rings. The highest BCUT2D eigenvalue weighted by Gasteiger charge is 2.17. The predicted octanol–water partition coefficient (Wildman–Crippen LogP) is 0.690. The van der Waals surface area contributed by atoms with Gasteiger partial charge in [0, 0.05) is 0 Å². The van der Waals surface area contributed by atoms with E-state index in [1.165, 1.54) is 0 Å². The molecule has 0 aliphatic carbocycles. The molecule has 0 aromatic heterocycles. The van der Waals surface area contributed by atoms with E-state index in [-0.39, 0.29) is 0 Å². The van der Waals surface area contributed by atoms with E-state index in [0.717, 1.165) is 17.1 Å². The second-order valence-corrected chi connectivity index (χ2v) is 2.15. The van der Waals surface area contributed by atoms with Crippen molar-refractivity contribution in [3.63, 3.8) is 0 Å². The van der Waals surface area contributed by atoms with Crippen molar-refractivity contribution in [1.29, 1.82) is 0 Å². The van der Waals surface area contributed by atoms with Crippen molar-refractivity contribution in [2.24, 2.45) is 0 Å². The Morgan fingerprint density at radius 1 is 1.40 bits per heavy atom. The summed E-state index contributed by atoms with van der Waals surface area (Å²) < 4.78 is 0. The molecule has 3 heteroatoms. The molecule has 0 fully saturated rings. The molecule has 3 nitrogen and oxygen atoms in total. The average molecular weight is 133 g/mol. The molecule has 0 amide bonds. The molecule has 49 valence electrons. The van der Waals surface area contributed by atoms with Crippen LogP contribution >= 0.6 is 0 Å². The van der Waals surface area contributed by atoms with Crippen LogP contribution in [-0.2, 0) is 0 Å². The highest BCUT2D eigenvalue weighted by Crippen LogP contribution is 2.28. The molecule has 1 heterocycles. The van der Waals surface area contributed by atoms with Crippen molar-refractivity contribution in [2.45, 2.75) is 0 Å². The van der Waals surface area contributed by atoms with Crippen molar-refractivity contribution in [1.82, 2.24) is 4.99 Å². The predicted molar refractivity (Wildman–Crippen MR) is 42.3 cm³/mol. The van der Waals surface area contributed by atoms with Crippen molar-refractivity contribution in [3.8, 4) is 0 Å². The van der Waals surface area contributed by atoms with Gasteiger partial charge in [-0.3, -0.25) is 0 Å². The zero-order valence-corrected chi connectivity index (χ0v) is 5.33. The van der Waals surface area contributed by atoms with E-state index in [2.05, 4.69) is 10.3 Å². The number of aliphatic imine (C=N–C) groups is 1. The fourth-order valence-corrected chi connectivity index (χ4v) is 0.988. The molecular weight excluding hydrogens is 126 g/mol. The Morgan fingerprint density at radius 2 is 2.30 bits per heavy atom. The molecule has 0 saturated heterocycles. The van der Waals surface area contributed by atoms with Gasteiger partial charge in [-0.1, -0.05) is 6.07 Å². The number of nitrogens with zero attached hydrogens (tertiary/aromatic N) is 1. The third-order valence-corrected chi connectivity index (χ3v) is 1.48. The maximum atomic E-state index is 5.62. The molecule has 1 aliphatic rings. The molecule has 10 heavy (non-hydrogen) atoms. The van der Waals surface area contributed by atoms with Gasteiger partial charge in [0.2, 0.25) is 5.69 Å². The van der Waals surface area contributed by atoms with E-state index in [9.17, 15) is 0 Å². The first-order valence-corrected chi connectivity index (χ1v) is 3.05. The first kappa shape index (κ1) is 5.29. The minimum atomic E-state index is 0.721. The molecule has 2 rings (SSSR count). The maximum Gasteiger partial charge on any atom is 0.285 e. The summed E-state index contributed by atoms with van der Waals surface area (Å²) >= 11 is 0. The van der Waals surface area contributed by atoms with Gasteiger partial charge in [-0.05, 0) is 17.1 Å². The third kappa shape index (κ3) is 0.572. The summed E-state index contributed by atoms with van der Waals surface area (Å²) in [4.78, 5) is 4.04. The summed E-state index contributed by atoms with van der Waals surface area (Å²) in [5.74, 6) is 0. The summed E-state index contributed by atoms with van der Waals surface area (Å²) in [5, 5.41) is 2.97. The number of hydrogen-bond acceptors (Lipinski definition) is 3. The monoisotopic (exact) mass is 133 g/mol. The lowest BCUT2D eigenvalue weighted by molar-refractivity contribution is 1.44. The highest BCUT2D eigenvalue weighted by atomic mass is 15.0. The Labute approximate surface area is 58.6 Å². The largest absolute Gasteiger partial charge is 0.395 e. The Bertz CT molecular complexity index is 291. The van der Waals surface area contributed by atoms with E-state index in [1.807, 2.05) is 18.2 Å². The molecule has 0 spiro atoms. The van der Waals surface area contributed by atoms with Crippen molar-refractivity contribution in [2.75, 3.05) is 11.1 Å². The quantitative estimate of drug-likeness (QED) is 0.511. The molecular formula is C7H7N3+. The molecule has 1 aliphatic heterocycles. The number of nitrogens with one attached hydrogen (secondary N) is 1. The number of fused-ring (bicyclic) bond motifs is 1. The number of anilines is 2. The second-order valence-electron chi connectivity index (χ2n) is 2.15. The molecule has 1 aromatic carbocycles. The van der Waals surface area contributed by atoms with Gasteiger partial charge in [0.15, 0.2) is 5.69 Å². The zero-order chi connectivity index (χ0) is 6.97. The summed E-state index contributed by atoms with van der Waals surface area (Å²) in [6, 6.07) is 5.68. The Hall–Kier alpha value is -1.51. The van der Waals surface area contributed by atoms with Crippen LogP contribution in [0.4, 0.5) is 17.1 Å². The lowest BCUT2D eigenvalue weighted by Crippen LogP contribution is -1.88. The smallest absolute Gasteiger partial charge is 0.285 e. The van der Waals surface area contributed by atoms with Gasteiger partial charge in [0.1, 0.15) is 0 Å². The van der Waals surface area contributed by atoms with Gasteiger partial charge >= 0.3 is 0 Å². The number of hydrogen-bond donors (Lipinski definition) is 2. The third-order valence-electron chi connectivity index (χ3n) is 1.48. The number of benzene rings is 1. The molecule has 3 N–H and O–H groups in total. The molecule has 0 bridgehead atoms. The van der Waals surface area contributed by atoms with E-state index in [0.29, 0.717) is 0 Å². The van der Waals surface area contributed by atoms with Gasteiger partial charge in [0.25, 0.3) is 6.34 Å². The van der Waals surface area contributed by atoms with Crippen LogP contribution in [0.2, 0.25) is 0 Å². The standard InChI is InChI=1S/C7H7N3/c8-5-2-1-3-6-7(5)10-4-9-6/h1-4,9H,8H2/q+1. The van der Waals surface area contributed by atoms with E-state index >= 15 is 0 Å². The highest BCUT2D eigenvalue weighted by molar-refractivity contribution is 5.93. The van der Waals surface area contributed by atoms with Crippen LogP contribution in [0.3, 0.4) is 0 Å². The maximum absolute atomic E-state index is 5.62. The Morgan fingerprint density at radius 3 is 3.10 bits per heavy atom.